The molecule has 1 amide bonds. The highest BCUT2D eigenvalue weighted by atomic mass is 32.2. The van der Waals surface area contributed by atoms with Crippen LogP contribution in [0.15, 0.2) is 58.3 Å². The fraction of sp³-hybridized carbons (Fsp3) is 0.681. The summed E-state index contributed by atoms with van der Waals surface area (Å²) in [6, 6.07) is 11.9. The molecule has 0 aliphatic carbocycles. The molecule has 18 heteroatoms. The van der Waals surface area contributed by atoms with Gasteiger partial charge in [0.25, 0.3) is 0 Å². The summed E-state index contributed by atoms with van der Waals surface area (Å²) in [7, 11) is 0.495. The molecule has 4 fully saturated rings. The van der Waals surface area contributed by atoms with Crippen LogP contribution in [0, 0.1) is 0 Å². The van der Waals surface area contributed by atoms with Gasteiger partial charge in [-0.05, 0) is 139 Å². The molecule has 0 aromatic heterocycles. The molecule has 2 aromatic rings. The van der Waals surface area contributed by atoms with Crippen LogP contribution in [-0.4, -0.2) is 168 Å². The van der Waals surface area contributed by atoms with Crippen LogP contribution < -0.4 is 5.32 Å². The van der Waals surface area contributed by atoms with Crippen LogP contribution in [0.4, 0.5) is 4.79 Å². The molecule has 16 nitrogen and oxygen atoms in total. The second kappa shape index (κ2) is 22.2. The predicted molar refractivity (Wildman–Crippen MR) is 250 cm³/mol. The minimum Gasteiger partial charge on any atom is -0.444 e. The van der Waals surface area contributed by atoms with E-state index in [1.165, 1.54) is 26.0 Å². The van der Waals surface area contributed by atoms with Crippen molar-refractivity contribution in [3.8, 4) is 0 Å². The van der Waals surface area contributed by atoms with Gasteiger partial charge in [0, 0.05) is 49.9 Å². The van der Waals surface area contributed by atoms with Gasteiger partial charge in [-0.2, -0.15) is 8.61 Å². The second-order valence-electron chi connectivity index (χ2n) is 19.4. The number of hydrogen-bond acceptors (Lipinski definition) is 13. The van der Waals surface area contributed by atoms with Crippen molar-refractivity contribution in [2.45, 2.75) is 138 Å². The van der Waals surface area contributed by atoms with Crippen LogP contribution in [0.1, 0.15) is 120 Å². The van der Waals surface area contributed by atoms with E-state index >= 15 is 0 Å². The van der Waals surface area contributed by atoms with Crippen LogP contribution in [0.5, 0.6) is 0 Å². The van der Waals surface area contributed by atoms with Crippen LogP contribution in [0.25, 0.3) is 0 Å². The Labute approximate surface area is 388 Å². The molecule has 0 saturated carbocycles. The third-order valence-electron chi connectivity index (χ3n) is 12.6. The fourth-order valence-corrected chi connectivity index (χ4v) is 13.0. The van der Waals surface area contributed by atoms with Gasteiger partial charge in [0.05, 0.1) is 35.1 Å². The summed E-state index contributed by atoms with van der Waals surface area (Å²) >= 11 is 0. The number of amides is 1. The van der Waals surface area contributed by atoms with E-state index in [9.17, 15) is 31.2 Å². The number of benzene rings is 2. The number of rotatable bonds is 16. The number of likely N-dealkylation sites (tertiary alicyclic amines) is 1. The number of piperidine rings is 2. The SMILES string of the molecule is CC(=O)c1ccc(S(=O)(=O)N2C(CCCCN(C)C)COC23CCN(C(=O)OC(C)(C)C)CC3)cc1.CC(=O)c1ccc(S(=O)(=O)N2C(CCCCN(C)C)COC23CCNCC3)cc1. The molecule has 2 spiro atoms. The first-order valence-electron chi connectivity index (χ1n) is 23.1. The fourth-order valence-electron chi connectivity index (χ4n) is 9.14. The second-order valence-corrected chi connectivity index (χ2v) is 23.0. The zero-order valence-corrected chi connectivity index (χ0v) is 41.8. The van der Waals surface area contributed by atoms with E-state index in [4.69, 9.17) is 14.2 Å². The number of unbranched alkanes of at least 4 members (excludes halogenated alkanes) is 2. The number of sulfonamides is 2. The van der Waals surface area contributed by atoms with Gasteiger partial charge in [-0.1, -0.05) is 37.1 Å². The highest BCUT2D eigenvalue weighted by Gasteiger charge is 2.56. The zero-order valence-electron chi connectivity index (χ0n) is 40.1. The van der Waals surface area contributed by atoms with Gasteiger partial charge in [-0.25, -0.2) is 21.6 Å². The minimum atomic E-state index is -3.91. The van der Waals surface area contributed by atoms with Gasteiger partial charge in [0.2, 0.25) is 20.0 Å². The third-order valence-corrected chi connectivity index (χ3v) is 16.6. The smallest absolute Gasteiger partial charge is 0.410 e. The Kier molecular flexibility index (Phi) is 18.0. The number of hydrogen-bond donors (Lipinski definition) is 1. The third kappa shape index (κ3) is 13.2. The van der Waals surface area contributed by atoms with E-state index in [-0.39, 0.29) is 33.4 Å². The Hall–Kier alpha value is -3.33. The van der Waals surface area contributed by atoms with Crippen molar-refractivity contribution in [2.24, 2.45) is 0 Å². The molecule has 4 aliphatic heterocycles. The molecule has 4 saturated heterocycles. The molecule has 4 aliphatic rings. The summed E-state index contributed by atoms with van der Waals surface area (Å²) in [5, 5.41) is 3.30. The molecule has 2 unspecified atom stereocenters. The van der Waals surface area contributed by atoms with Crippen molar-refractivity contribution in [3.05, 3.63) is 59.7 Å². The summed E-state index contributed by atoms with van der Waals surface area (Å²) in [4.78, 5) is 42.1. The number of carbonyl (C=O) groups is 3. The molecular formula is C47H74N6O10S2. The number of Topliss-reactive ketones (excluding diaryl/α,β-unsaturated/α-hetero) is 2. The largest absolute Gasteiger partial charge is 0.444 e. The molecule has 0 radical (unpaired) electrons. The number of carbonyl (C=O) groups excluding carboxylic acids is 3. The first-order chi connectivity index (χ1) is 30.5. The van der Waals surface area contributed by atoms with Crippen molar-refractivity contribution in [1.82, 2.24) is 28.6 Å². The van der Waals surface area contributed by atoms with E-state index in [1.807, 2.05) is 49.0 Å². The number of nitrogens with zero attached hydrogens (tertiary/aromatic N) is 5. The topological polar surface area (TPSA) is 175 Å². The summed E-state index contributed by atoms with van der Waals surface area (Å²) in [6.45, 7) is 13.2. The van der Waals surface area contributed by atoms with Crippen molar-refractivity contribution in [1.29, 1.82) is 0 Å². The van der Waals surface area contributed by atoms with Crippen molar-refractivity contribution in [2.75, 3.05) is 80.7 Å². The zero-order chi connectivity index (χ0) is 47.8. The van der Waals surface area contributed by atoms with Gasteiger partial charge >= 0.3 is 6.09 Å². The Morgan fingerprint density at radius 3 is 1.40 bits per heavy atom. The van der Waals surface area contributed by atoms with Gasteiger partial charge in [0.1, 0.15) is 17.1 Å². The maximum atomic E-state index is 14.0. The van der Waals surface area contributed by atoms with E-state index in [2.05, 4.69) is 15.1 Å². The number of ether oxygens (including phenoxy) is 3. The van der Waals surface area contributed by atoms with Crippen LogP contribution in [-0.2, 0) is 34.3 Å². The molecule has 1 N–H and O–H groups in total. The average molecular weight is 947 g/mol. The molecule has 364 valence electrons. The highest BCUT2D eigenvalue weighted by Crippen LogP contribution is 2.44. The van der Waals surface area contributed by atoms with E-state index in [0.29, 0.717) is 69.5 Å². The lowest BCUT2D eigenvalue weighted by Crippen LogP contribution is -2.57. The summed E-state index contributed by atoms with van der Waals surface area (Å²) in [5.74, 6) is -0.194. The number of ketones is 2. The quantitative estimate of drug-likeness (QED) is 0.158. The van der Waals surface area contributed by atoms with E-state index < -0.39 is 43.2 Å². The van der Waals surface area contributed by atoms with Crippen molar-refractivity contribution >= 4 is 37.7 Å². The average Bonchev–Trinajstić information content (AvgIpc) is 3.78. The monoisotopic (exact) mass is 946 g/mol. The molecule has 6 rings (SSSR count). The molecule has 2 atom stereocenters. The Morgan fingerprint density at radius 1 is 0.662 bits per heavy atom. The normalized spacial score (nSPS) is 21.5. The van der Waals surface area contributed by atoms with Gasteiger partial charge < -0.3 is 34.2 Å². The van der Waals surface area contributed by atoms with Gasteiger partial charge in [-0.3, -0.25) is 9.59 Å². The van der Waals surface area contributed by atoms with Crippen molar-refractivity contribution in [3.63, 3.8) is 0 Å². The lowest BCUT2D eigenvalue weighted by molar-refractivity contribution is -0.0917. The molecule has 65 heavy (non-hydrogen) atoms. The summed E-state index contributed by atoms with van der Waals surface area (Å²) < 4.78 is 76.5. The summed E-state index contributed by atoms with van der Waals surface area (Å²) in [6.07, 6.45) is 6.92. The first kappa shape index (κ1) is 52.6. The minimum absolute atomic E-state index is 0.0768. The van der Waals surface area contributed by atoms with Gasteiger partial charge in [-0.15, -0.1) is 0 Å². The van der Waals surface area contributed by atoms with E-state index in [1.54, 1.807) is 49.9 Å². The van der Waals surface area contributed by atoms with Gasteiger partial charge in [0.15, 0.2) is 11.6 Å². The Balaban J connectivity index is 0.000000250. The molecule has 2 aromatic carbocycles. The van der Waals surface area contributed by atoms with Crippen LogP contribution in [0.2, 0.25) is 0 Å². The van der Waals surface area contributed by atoms with Crippen LogP contribution in [0.3, 0.4) is 0 Å². The van der Waals surface area contributed by atoms with Crippen molar-refractivity contribution < 1.29 is 45.4 Å². The standard InChI is InChI=1S/C26H41N3O6S.C21H33N3O4S/c1-20(30)21-10-12-23(13-11-21)36(32,33)29-22(9-7-8-16-27(5)6)19-34-26(29)14-17-28(18-15-26)24(31)35-25(2,3)4;1-17(25)18-7-9-20(10-8-18)29(26,27)24-19(6-4-5-15-23(2)3)16-28-21(24)11-13-22-14-12-21/h10-13,22H,7-9,14-19H2,1-6H3;7-10,19,22H,4-6,11-16H2,1-3H3. The highest BCUT2D eigenvalue weighted by molar-refractivity contribution is 7.89. The first-order valence-corrected chi connectivity index (χ1v) is 26.0. The lowest BCUT2D eigenvalue weighted by atomic mass is 10.00. The molecular weight excluding hydrogens is 873 g/mol. The predicted octanol–water partition coefficient (Wildman–Crippen LogP) is 5.83. The maximum absolute atomic E-state index is 14.0. The Morgan fingerprint density at radius 2 is 1.05 bits per heavy atom. The molecule has 4 heterocycles. The molecule has 0 bridgehead atoms. The van der Waals surface area contributed by atoms with E-state index in [0.717, 1.165) is 58.3 Å². The number of nitrogens with one attached hydrogen (secondary N) is 1. The summed E-state index contributed by atoms with van der Waals surface area (Å²) in [5.41, 5.74) is -1.40. The van der Waals surface area contributed by atoms with Crippen LogP contribution >= 0.6 is 0 Å². The lowest BCUT2D eigenvalue weighted by Gasteiger charge is -2.44. The maximum Gasteiger partial charge on any atom is 0.410 e. The Bertz CT molecular complexity index is 2130.